The van der Waals surface area contributed by atoms with E-state index >= 15 is 0 Å². The quantitative estimate of drug-likeness (QED) is 0.787. The molecule has 1 amide bonds. The summed E-state index contributed by atoms with van der Waals surface area (Å²) in [6, 6.07) is 3.45. The van der Waals surface area contributed by atoms with E-state index in [1.54, 1.807) is 30.3 Å². The molecule has 0 spiro atoms. The van der Waals surface area contributed by atoms with Crippen LogP contribution >= 0.6 is 15.9 Å². The molecule has 0 aliphatic rings. The third kappa shape index (κ3) is 3.90. The van der Waals surface area contributed by atoms with Gasteiger partial charge in [0.1, 0.15) is 4.60 Å². The molecule has 5 heteroatoms. The van der Waals surface area contributed by atoms with Gasteiger partial charge in [-0.25, -0.2) is 4.98 Å². The fourth-order valence-electron chi connectivity index (χ4n) is 1.21. The Hall–Kier alpha value is -0.940. The van der Waals surface area contributed by atoms with Crippen molar-refractivity contribution in [2.75, 3.05) is 34.2 Å². The van der Waals surface area contributed by atoms with Gasteiger partial charge < -0.3 is 9.80 Å². The summed E-state index contributed by atoms with van der Waals surface area (Å²) < 4.78 is 0.680. The summed E-state index contributed by atoms with van der Waals surface area (Å²) >= 11 is 3.25. The third-order valence-electron chi connectivity index (χ3n) is 2.20. The number of aromatic nitrogens is 1. The van der Waals surface area contributed by atoms with Gasteiger partial charge in [-0.05, 0) is 42.2 Å². The van der Waals surface area contributed by atoms with Crippen molar-refractivity contribution >= 4 is 21.8 Å². The van der Waals surface area contributed by atoms with Crippen LogP contribution < -0.4 is 0 Å². The van der Waals surface area contributed by atoms with Gasteiger partial charge in [-0.2, -0.15) is 0 Å². The molecule has 0 N–H and O–H groups in total. The number of nitrogens with zero attached hydrogens (tertiary/aromatic N) is 3. The molecule has 1 heterocycles. The average Bonchev–Trinajstić information content (AvgIpc) is 2.24. The van der Waals surface area contributed by atoms with E-state index in [4.69, 9.17) is 0 Å². The number of carbonyl (C=O) groups is 1. The Bertz CT molecular complexity index is 368. The van der Waals surface area contributed by atoms with Gasteiger partial charge in [0.05, 0.1) is 0 Å². The number of rotatable bonds is 4. The fraction of sp³-hybridized carbons (Fsp3) is 0.455. The summed E-state index contributed by atoms with van der Waals surface area (Å²) in [6.45, 7) is 1.57. The van der Waals surface area contributed by atoms with Gasteiger partial charge in [-0.3, -0.25) is 4.79 Å². The van der Waals surface area contributed by atoms with E-state index < -0.39 is 0 Å². The van der Waals surface area contributed by atoms with Crippen molar-refractivity contribution in [2.24, 2.45) is 0 Å². The molecule has 0 aliphatic heterocycles. The van der Waals surface area contributed by atoms with Gasteiger partial charge in [0.25, 0.3) is 5.91 Å². The number of hydrogen-bond donors (Lipinski definition) is 0. The molecule has 0 radical (unpaired) electrons. The van der Waals surface area contributed by atoms with Crippen LogP contribution in [0.3, 0.4) is 0 Å². The lowest BCUT2D eigenvalue weighted by Crippen LogP contribution is -2.33. The van der Waals surface area contributed by atoms with Crippen LogP contribution in [-0.4, -0.2) is 54.9 Å². The minimum atomic E-state index is 0.0185. The Labute approximate surface area is 104 Å². The van der Waals surface area contributed by atoms with Crippen molar-refractivity contribution in [1.82, 2.24) is 14.8 Å². The molecule has 0 atom stereocenters. The van der Waals surface area contributed by atoms with Gasteiger partial charge in [-0.15, -0.1) is 0 Å². The highest BCUT2D eigenvalue weighted by Crippen LogP contribution is 2.09. The zero-order valence-corrected chi connectivity index (χ0v) is 11.4. The topological polar surface area (TPSA) is 36.4 Å². The van der Waals surface area contributed by atoms with E-state index in [9.17, 15) is 4.79 Å². The highest BCUT2D eigenvalue weighted by atomic mass is 79.9. The van der Waals surface area contributed by atoms with E-state index in [0.29, 0.717) is 16.7 Å². The summed E-state index contributed by atoms with van der Waals surface area (Å²) in [6.07, 6.45) is 1.62. The van der Waals surface area contributed by atoms with Gasteiger partial charge in [-0.1, -0.05) is 0 Å². The lowest BCUT2D eigenvalue weighted by molar-refractivity contribution is 0.0786. The smallest absolute Gasteiger partial charge is 0.253 e. The molecule has 0 unspecified atom stereocenters. The van der Waals surface area contributed by atoms with Crippen molar-refractivity contribution in [3.63, 3.8) is 0 Å². The Kier molecular flexibility index (Phi) is 4.89. The predicted octanol–water partition coefficient (Wildman–Crippen LogP) is 1.48. The number of halogens is 1. The van der Waals surface area contributed by atoms with E-state index in [1.807, 2.05) is 19.0 Å². The molecule has 0 aliphatic carbocycles. The normalized spacial score (nSPS) is 10.6. The molecule has 1 aromatic rings. The molecule has 1 rings (SSSR count). The second-order valence-electron chi connectivity index (χ2n) is 3.90. The molecule has 88 valence electrons. The summed E-state index contributed by atoms with van der Waals surface area (Å²) in [5.41, 5.74) is 0.656. The third-order valence-corrected chi connectivity index (χ3v) is 2.64. The average molecular weight is 286 g/mol. The van der Waals surface area contributed by atoms with E-state index in [0.717, 1.165) is 6.54 Å². The van der Waals surface area contributed by atoms with Crippen molar-refractivity contribution in [3.05, 3.63) is 28.5 Å². The van der Waals surface area contributed by atoms with Crippen molar-refractivity contribution < 1.29 is 4.79 Å². The molecule has 1 aromatic heterocycles. The zero-order valence-electron chi connectivity index (χ0n) is 9.77. The molecular weight excluding hydrogens is 270 g/mol. The molecule has 0 aromatic carbocycles. The van der Waals surface area contributed by atoms with Crippen LogP contribution in [0.5, 0.6) is 0 Å². The minimum absolute atomic E-state index is 0.0185. The first kappa shape index (κ1) is 13.1. The molecular formula is C11H16BrN3O. The van der Waals surface area contributed by atoms with E-state index in [-0.39, 0.29) is 5.91 Å². The molecule has 0 saturated heterocycles. The van der Waals surface area contributed by atoms with Crippen molar-refractivity contribution in [3.8, 4) is 0 Å². The lowest BCUT2D eigenvalue weighted by atomic mass is 10.2. The van der Waals surface area contributed by atoms with Gasteiger partial charge in [0, 0.05) is 31.9 Å². The van der Waals surface area contributed by atoms with Crippen LogP contribution in [0.2, 0.25) is 0 Å². The molecule has 16 heavy (non-hydrogen) atoms. The number of carbonyl (C=O) groups excluding carboxylic acids is 1. The highest BCUT2D eigenvalue weighted by Gasteiger charge is 2.11. The number of hydrogen-bond acceptors (Lipinski definition) is 3. The van der Waals surface area contributed by atoms with Crippen LogP contribution in [-0.2, 0) is 0 Å². The van der Waals surface area contributed by atoms with Gasteiger partial charge >= 0.3 is 0 Å². The number of amides is 1. The molecule has 4 nitrogen and oxygen atoms in total. The first-order valence-corrected chi connectivity index (χ1v) is 5.81. The Balaban J connectivity index is 2.63. The first-order valence-electron chi connectivity index (χ1n) is 5.02. The molecule has 0 saturated carbocycles. The maximum absolute atomic E-state index is 12.0. The van der Waals surface area contributed by atoms with Gasteiger partial charge in [0.2, 0.25) is 0 Å². The lowest BCUT2D eigenvalue weighted by Gasteiger charge is -2.19. The summed E-state index contributed by atoms with van der Waals surface area (Å²) in [4.78, 5) is 19.7. The largest absolute Gasteiger partial charge is 0.340 e. The predicted molar refractivity (Wildman–Crippen MR) is 67.5 cm³/mol. The SMILES string of the molecule is CN(C)CCN(C)C(=O)c1ccnc(Br)c1. The van der Waals surface area contributed by atoms with Crippen molar-refractivity contribution in [2.45, 2.75) is 0 Å². The summed E-state index contributed by atoms with van der Waals surface area (Å²) in [5, 5.41) is 0. The maximum Gasteiger partial charge on any atom is 0.253 e. The van der Waals surface area contributed by atoms with Crippen LogP contribution in [0.1, 0.15) is 10.4 Å². The van der Waals surface area contributed by atoms with Crippen LogP contribution in [0.15, 0.2) is 22.9 Å². The molecule has 0 fully saturated rings. The number of likely N-dealkylation sites (N-methyl/N-ethyl adjacent to an activating group) is 2. The Morgan fingerprint density at radius 3 is 2.62 bits per heavy atom. The van der Waals surface area contributed by atoms with Gasteiger partial charge in [0.15, 0.2) is 0 Å². The Morgan fingerprint density at radius 1 is 1.38 bits per heavy atom. The standard InChI is InChI=1S/C11H16BrN3O/c1-14(2)6-7-15(3)11(16)9-4-5-13-10(12)8-9/h4-5,8H,6-7H2,1-3H3. The second-order valence-corrected chi connectivity index (χ2v) is 4.71. The maximum atomic E-state index is 12.0. The Morgan fingerprint density at radius 2 is 2.06 bits per heavy atom. The van der Waals surface area contributed by atoms with E-state index in [1.165, 1.54) is 0 Å². The summed E-state index contributed by atoms with van der Waals surface area (Å²) in [7, 11) is 5.78. The summed E-state index contributed by atoms with van der Waals surface area (Å²) in [5.74, 6) is 0.0185. The monoisotopic (exact) mass is 285 g/mol. The highest BCUT2D eigenvalue weighted by molar-refractivity contribution is 9.10. The fourth-order valence-corrected chi connectivity index (χ4v) is 1.57. The zero-order chi connectivity index (χ0) is 12.1. The molecule has 0 bridgehead atoms. The van der Waals surface area contributed by atoms with Crippen LogP contribution in [0, 0.1) is 0 Å². The van der Waals surface area contributed by atoms with Crippen LogP contribution in [0.4, 0.5) is 0 Å². The number of pyridine rings is 1. The van der Waals surface area contributed by atoms with Crippen LogP contribution in [0.25, 0.3) is 0 Å². The van der Waals surface area contributed by atoms with E-state index in [2.05, 4.69) is 20.9 Å². The first-order chi connectivity index (χ1) is 7.50. The second kappa shape index (κ2) is 5.96. The van der Waals surface area contributed by atoms with Crippen molar-refractivity contribution in [1.29, 1.82) is 0 Å². The minimum Gasteiger partial charge on any atom is -0.340 e.